The van der Waals surface area contributed by atoms with Crippen molar-refractivity contribution >= 4 is 32.4 Å². The lowest BCUT2D eigenvalue weighted by molar-refractivity contribution is 0.386. The largest absolute Gasteiger partial charge is 0.494 e. The van der Waals surface area contributed by atoms with E-state index in [-0.39, 0.29) is 11.6 Å². The van der Waals surface area contributed by atoms with Gasteiger partial charge in [0.05, 0.1) is 17.3 Å². The predicted octanol–water partition coefficient (Wildman–Crippen LogP) is 4.33. The van der Waals surface area contributed by atoms with Gasteiger partial charge in [-0.05, 0) is 24.3 Å². The van der Waals surface area contributed by atoms with Crippen LogP contribution in [0.15, 0.2) is 36.4 Å². The van der Waals surface area contributed by atoms with Gasteiger partial charge in [0, 0.05) is 17.8 Å². The summed E-state index contributed by atoms with van der Waals surface area (Å²) >= 11 is 1.37. The maximum absolute atomic E-state index is 13.6. The van der Waals surface area contributed by atoms with E-state index in [0.29, 0.717) is 16.3 Å². The molecule has 0 bridgehead atoms. The van der Waals surface area contributed by atoms with Gasteiger partial charge in [0.15, 0.2) is 16.7 Å². The quantitative estimate of drug-likeness (QED) is 0.780. The van der Waals surface area contributed by atoms with Crippen LogP contribution in [-0.4, -0.2) is 12.1 Å². The van der Waals surface area contributed by atoms with Gasteiger partial charge in [-0.15, -0.1) is 0 Å². The molecule has 0 spiro atoms. The molecule has 102 valence electrons. The van der Waals surface area contributed by atoms with E-state index >= 15 is 0 Å². The maximum atomic E-state index is 13.6. The number of thiazole rings is 1. The lowest BCUT2D eigenvalue weighted by Gasteiger charge is -2.05. The zero-order valence-electron chi connectivity index (χ0n) is 10.5. The van der Waals surface area contributed by atoms with E-state index in [9.17, 15) is 8.78 Å². The number of methoxy groups -OCH3 is 1. The number of ether oxygens (including phenoxy) is 1. The minimum Gasteiger partial charge on any atom is -0.494 e. The number of nitrogens with one attached hydrogen (secondary N) is 1. The monoisotopic (exact) mass is 292 g/mol. The number of aromatic nitrogens is 1. The Kier molecular flexibility index (Phi) is 3.23. The molecule has 0 aliphatic heterocycles. The fourth-order valence-electron chi connectivity index (χ4n) is 1.82. The third kappa shape index (κ3) is 2.42. The van der Waals surface area contributed by atoms with Crippen molar-refractivity contribution in [1.82, 2.24) is 4.98 Å². The summed E-state index contributed by atoms with van der Waals surface area (Å²) in [4.78, 5) is 4.25. The van der Waals surface area contributed by atoms with Crippen LogP contribution in [0.25, 0.3) is 10.2 Å². The Balaban J connectivity index is 1.90. The summed E-state index contributed by atoms with van der Waals surface area (Å²) in [5.74, 6) is -0.601. The smallest absolute Gasteiger partial charge is 0.188 e. The van der Waals surface area contributed by atoms with E-state index in [0.717, 1.165) is 4.70 Å². The van der Waals surface area contributed by atoms with Crippen molar-refractivity contribution < 1.29 is 13.5 Å². The molecule has 20 heavy (non-hydrogen) atoms. The lowest BCUT2D eigenvalue weighted by Crippen LogP contribution is -1.92. The van der Waals surface area contributed by atoms with Crippen LogP contribution in [0.2, 0.25) is 0 Å². The average molecular weight is 292 g/mol. The molecular formula is C14H10F2N2OS. The van der Waals surface area contributed by atoms with Crippen molar-refractivity contribution in [2.45, 2.75) is 0 Å². The molecule has 0 aliphatic rings. The zero-order chi connectivity index (χ0) is 14.1. The summed E-state index contributed by atoms with van der Waals surface area (Å²) in [6.45, 7) is 0. The maximum Gasteiger partial charge on any atom is 0.188 e. The van der Waals surface area contributed by atoms with Gasteiger partial charge in [-0.3, -0.25) is 0 Å². The summed E-state index contributed by atoms with van der Waals surface area (Å²) in [5, 5.41) is 3.57. The molecule has 1 N–H and O–H groups in total. The topological polar surface area (TPSA) is 34.1 Å². The van der Waals surface area contributed by atoms with Gasteiger partial charge in [-0.1, -0.05) is 11.3 Å². The Morgan fingerprint density at radius 3 is 2.75 bits per heavy atom. The molecule has 1 heterocycles. The number of halogens is 2. The molecule has 0 aliphatic carbocycles. The Labute approximate surface area is 117 Å². The van der Waals surface area contributed by atoms with Crippen LogP contribution in [0.3, 0.4) is 0 Å². The second kappa shape index (κ2) is 5.05. The van der Waals surface area contributed by atoms with E-state index in [4.69, 9.17) is 4.74 Å². The first-order chi connectivity index (χ1) is 9.65. The van der Waals surface area contributed by atoms with Crippen molar-refractivity contribution in [2.75, 3.05) is 12.4 Å². The minimum atomic E-state index is -0.454. The Bertz CT molecular complexity index is 773. The molecule has 3 rings (SSSR count). The number of fused-ring (bicyclic) bond motifs is 1. The lowest BCUT2D eigenvalue weighted by atomic mass is 10.3. The molecular weight excluding hydrogens is 282 g/mol. The SMILES string of the molecule is COc1ccc(Nc2nc3cc(F)ccc3s2)cc1F. The highest BCUT2D eigenvalue weighted by Crippen LogP contribution is 2.30. The summed E-state index contributed by atoms with van der Waals surface area (Å²) < 4.78 is 32.4. The van der Waals surface area contributed by atoms with E-state index in [1.807, 2.05) is 0 Å². The van der Waals surface area contributed by atoms with Gasteiger partial charge in [0.25, 0.3) is 0 Å². The highest BCUT2D eigenvalue weighted by Gasteiger charge is 2.07. The second-order valence-corrected chi connectivity index (χ2v) is 5.14. The third-order valence-electron chi connectivity index (χ3n) is 2.75. The van der Waals surface area contributed by atoms with Crippen LogP contribution in [0, 0.1) is 11.6 Å². The van der Waals surface area contributed by atoms with Gasteiger partial charge in [0.2, 0.25) is 0 Å². The summed E-state index contributed by atoms with van der Waals surface area (Å²) in [6, 6.07) is 8.97. The van der Waals surface area contributed by atoms with Gasteiger partial charge in [-0.25, -0.2) is 13.8 Å². The van der Waals surface area contributed by atoms with Crippen LogP contribution in [0.5, 0.6) is 5.75 Å². The molecule has 6 heteroatoms. The Morgan fingerprint density at radius 1 is 1.15 bits per heavy atom. The van der Waals surface area contributed by atoms with Crippen LogP contribution in [-0.2, 0) is 0 Å². The van der Waals surface area contributed by atoms with Crippen molar-refractivity contribution in [3.05, 3.63) is 48.0 Å². The number of anilines is 2. The van der Waals surface area contributed by atoms with Crippen LogP contribution < -0.4 is 10.1 Å². The van der Waals surface area contributed by atoms with Gasteiger partial charge in [-0.2, -0.15) is 0 Å². The molecule has 0 saturated heterocycles. The zero-order valence-corrected chi connectivity index (χ0v) is 11.3. The highest BCUT2D eigenvalue weighted by atomic mass is 32.1. The van der Waals surface area contributed by atoms with E-state index < -0.39 is 5.82 Å². The number of hydrogen-bond acceptors (Lipinski definition) is 4. The molecule has 0 radical (unpaired) electrons. The van der Waals surface area contributed by atoms with Crippen molar-refractivity contribution in [1.29, 1.82) is 0 Å². The van der Waals surface area contributed by atoms with Crippen LogP contribution in [0.1, 0.15) is 0 Å². The van der Waals surface area contributed by atoms with Crippen molar-refractivity contribution in [3.63, 3.8) is 0 Å². The summed E-state index contributed by atoms with van der Waals surface area (Å²) in [5.41, 5.74) is 1.13. The molecule has 0 fully saturated rings. The van der Waals surface area contributed by atoms with Crippen molar-refractivity contribution in [3.8, 4) is 5.75 Å². The number of benzene rings is 2. The first-order valence-corrected chi connectivity index (χ1v) is 6.64. The Morgan fingerprint density at radius 2 is 2.00 bits per heavy atom. The van der Waals surface area contributed by atoms with Crippen LogP contribution in [0.4, 0.5) is 19.6 Å². The standard InChI is InChI=1S/C14H10F2N2OS/c1-19-12-4-3-9(7-10(12)16)17-14-18-11-6-8(15)2-5-13(11)20-14/h2-7H,1H3,(H,17,18). The fraction of sp³-hybridized carbons (Fsp3) is 0.0714. The minimum absolute atomic E-state index is 0.182. The molecule has 0 atom stereocenters. The average Bonchev–Trinajstić information content (AvgIpc) is 2.80. The molecule has 0 amide bonds. The van der Waals surface area contributed by atoms with Crippen molar-refractivity contribution in [2.24, 2.45) is 0 Å². The fourth-order valence-corrected chi connectivity index (χ4v) is 2.69. The van der Waals surface area contributed by atoms with E-state index in [1.54, 1.807) is 12.1 Å². The number of rotatable bonds is 3. The van der Waals surface area contributed by atoms with Gasteiger partial charge in [0.1, 0.15) is 5.82 Å². The van der Waals surface area contributed by atoms with E-state index in [1.165, 1.54) is 42.7 Å². The molecule has 1 aromatic heterocycles. The first-order valence-electron chi connectivity index (χ1n) is 5.82. The molecule has 2 aromatic carbocycles. The summed E-state index contributed by atoms with van der Waals surface area (Å²) in [6.07, 6.45) is 0. The third-order valence-corrected chi connectivity index (χ3v) is 3.70. The molecule has 3 aromatic rings. The summed E-state index contributed by atoms with van der Waals surface area (Å²) in [7, 11) is 1.41. The normalized spacial score (nSPS) is 10.8. The van der Waals surface area contributed by atoms with E-state index in [2.05, 4.69) is 10.3 Å². The number of nitrogens with zero attached hydrogens (tertiary/aromatic N) is 1. The predicted molar refractivity (Wildman–Crippen MR) is 75.8 cm³/mol. The second-order valence-electron chi connectivity index (χ2n) is 4.11. The van der Waals surface area contributed by atoms with Gasteiger partial charge >= 0.3 is 0 Å². The Hall–Kier alpha value is -2.21. The van der Waals surface area contributed by atoms with Crippen LogP contribution >= 0.6 is 11.3 Å². The molecule has 0 unspecified atom stereocenters. The van der Waals surface area contributed by atoms with Gasteiger partial charge < -0.3 is 10.1 Å². The first kappa shape index (κ1) is 12.8. The number of hydrogen-bond donors (Lipinski definition) is 1. The molecule has 0 saturated carbocycles. The highest BCUT2D eigenvalue weighted by molar-refractivity contribution is 7.22. The molecule has 3 nitrogen and oxygen atoms in total.